The molecule has 5 heteroatoms. The fourth-order valence-electron chi connectivity index (χ4n) is 2.79. The third-order valence-electron chi connectivity index (χ3n) is 4.22. The average molecular weight is 320 g/mol. The summed E-state index contributed by atoms with van der Waals surface area (Å²) in [4.78, 5) is 19.0. The van der Waals surface area contributed by atoms with E-state index in [1.54, 1.807) is 18.3 Å². The number of amides is 1. The van der Waals surface area contributed by atoms with Gasteiger partial charge >= 0.3 is 0 Å². The molecule has 1 heterocycles. The van der Waals surface area contributed by atoms with Crippen LogP contribution in [0, 0.1) is 11.3 Å². The van der Waals surface area contributed by atoms with Gasteiger partial charge in [-0.05, 0) is 56.2 Å². The lowest BCUT2D eigenvalue weighted by Gasteiger charge is -2.29. The number of nitriles is 1. The van der Waals surface area contributed by atoms with Gasteiger partial charge in [0.2, 0.25) is 5.91 Å². The third-order valence-corrected chi connectivity index (χ3v) is 4.22. The summed E-state index contributed by atoms with van der Waals surface area (Å²) < 4.78 is 0. The highest BCUT2D eigenvalue weighted by molar-refractivity contribution is 5.82. The van der Waals surface area contributed by atoms with Crippen molar-refractivity contribution in [2.24, 2.45) is 0 Å². The summed E-state index contributed by atoms with van der Waals surface area (Å²) >= 11 is 0. The second-order valence-electron chi connectivity index (χ2n) is 6.01. The summed E-state index contributed by atoms with van der Waals surface area (Å²) in [6.45, 7) is 2.26. The Morgan fingerprint density at radius 2 is 2.08 bits per heavy atom. The number of pyridine rings is 1. The second kappa shape index (κ2) is 7.14. The Balaban J connectivity index is 1.65. The van der Waals surface area contributed by atoms with E-state index in [4.69, 9.17) is 5.26 Å². The highest BCUT2D eigenvalue weighted by atomic mass is 16.2. The van der Waals surface area contributed by atoms with Crippen LogP contribution in [0.5, 0.6) is 0 Å². The number of rotatable bonds is 6. The van der Waals surface area contributed by atoms with Gasteiger partial charge in [0.25, 0.3) is 0 Å². The molecule has 0 unspecified atom stereocenters. The maximum Gasteiger partial charge on any atom is 0.242 e. The number of hydrogen-bond acceptors (Lipinski definition) is 4. The topological polar surface area (TPSA) is 69.0 Å². The van der Waals surface area contributed by atoms with E-state index in [0.717, 1.165) is 24.2 Å². The van der Waals surface area contributed by atoms with Crippen LogP contribution in [0.4, 0.5) is 5.69 Å². The van der Waals surface area contributed by atoms with Gasteiger partial charge in [0, 0.05) is 17.9 Å². The summed E-state index contributed by atoms with van der Waals surface area (Å²) in [6, 6.07) is 15.3. The van der Waals surface area contributed by atoms with Crippen molar-refractivity contribution in [3.8, 4) is 6.07 Å². The smallest absolute Gasteiger partial charge is 0.242 e. The molecule has 122 valence electrons. The quantitative estimate of drug-likeness (QED) is 0.888. The molecule has 1 atom stereocenters. The van der Waals surface area contributed by atoms with Gasteiger partial charge in [-0.15, -0.1) is 0 Å². The Bertz CT molecular complexity index is 732. The maximum atomic E-state index is 12.7. The van der Waals surface area contributed by atoms with Crippen LogP contribution in [-0.2, 0) is 4.79 Å². The van der Waals surface area contributed by atoms with Crippen LogP contribution in [0.3, 0.4) is 0 Å². The lowest BCUT2D eigenvalue weighted by Crippen LogP contribution is -2.39. The van der Waals surface area contributed by atoms with E-state index in [1.807, 2.05) is 42.2 Å². The number of carbonyl (C=O) groups excluding carboxylic acids is 1. The summed E-state index contributed by atoms with van der Waals surface area (Å²) in [5, 5.41) is 12.0. The van der Waals surface area contributed by atoms with Gasteiger partial charge in [0.05, 0.1) is 29.9 Å². The van der Waals surface area contributed by atoms with Crippen molar-refractivity contribution in [2.45, 2.75) is 31.8 Å². The van der Waals surface area contributed by atoms with Crippen molar-refractivity contribution in [1.29, 1.82) is 5.26 Å². The van der Waals surface area contributed by atoms with Gasteiger partial charge in [-0.1, -0.05) is 6.07 Å². The van der Waals surface area contributed by atoms with Crippen LogP contribution < -0.4 is 5.32 Å². The van der Waals surface area contributed by atoms with Gasteiger partial charge in [0.1, 0.15) is 0 Å². The molecule has 0 spiro atoms. The van der Waals surface area contributed by atoms with Crippen molar-refractivity contribution in [1.82, 2.24) is 9.88 Å². The zero-order valence-electron chi connectivity index (χ0n) is 13.6. The number of nitrogens with zero attached hydrogens (tertiary/aromatic N) is 3. The fourth-order valence-corrected chi connectivity index (χ4v) is 2.79. The third kappa shape index (κ3) is 3.72. The number of benzene rings is 1. The molecule has 0 aliphatic heterocycles. The van der Waals surface area contributed by atoms with E-state index in [-0.39, 0.29) is 18.5 Å². The van der Waals surface area contributed by atoms with E-state index < -0.39 is 0 Å². The molecule has 2 aromatic rings. The number of nitrogens with one attached hydrogen (secondary N) is 1. The molecule has 0 bridgehead atoms. The predicted octanol–water partition coefficient (Wildman–Crippen LogP) is 3.12. The predicted molar refractivity (Wildman–Crippen MR) is 92.2 cm³/mol. The van der Waals surface area contributed by atoms with Crippen LogP contribution in [0.1, 0.15) is 37.1 Å². The molecular weight excluding hydrogens is 300 g/mol. The van der Waals surface area contributed by atoms with E-state index in [1.165, 1.54) is 0 Å². The Labute approximate surface area is 141 Å². The van der Waals surface area contributed by atoms with Crippen molar-refractivity contribution >= 4 is 11.6 Å². The lowest BCUT2D eigenvalue weighted by molar-refractivity contribution is -0.132. The first-order chi connectivity index (χ1) is 11.7. The summed E-state index contributed by atoms with van der Waals surface area (Å²) in [5.41, 5.74) is 2.36. The SMILES string of the molecule is C[C@@H](c1ccccn1)N(C(=O)CNc1ccc(C#N)cc1)C1CC1. The maximum absolute atomic E-state index is 12.7. The van der Waals surface area contributed by atoms with Crippen molar-refractivity contribution in [3.05, 3.63) is 59.9 Å². The minimum atomic E-state index is -0.0334. The van der Waals surface area contributed by atoms with Crippen molar-refractivity contribution < 1.29 is 4.79 Å². The van der Waals surface area contributed by atoms with Crippen LogP contribution in [-0.4, -0.2) is 28.4 Å². The van der Waals surface area contributed by atoms with Crippen LogP contribution in [0.15, 0.2) is 48.7 Å². The van der Waals surface area contributed by atoms with Crippen LogP contribution in [0.2, 0.25) is 0 Å². The molecule has 1 aliphatic carbocycles. The molecule has 1 aromatic heterocycles. The molecule has 1 amide bonds. The average Bonchev–Trinajstić information content (AvgIpc) is 3.46. The summed E-state index contributed by atoms with van der Waals surface area (Å²) in [6.07, 6.45) is 3.87. The van der Waals surface area contributed by atoms with Crippen molar-refractivity contribution in [2.75, 3.05) is 11.9 Å². The summed E-state index contributed by atoms with van der Waals surface area (Å²) in [5.74, 6) is 0.0695. The number of aromatic nitrogens is 1. The van der Waals surface area contributed by atoms with Crippen LogP contribution >= 0.6 is 0 Å². The molecule has 1 aromatic carbocycles. The van der Waals surface area contributed by atoms with Gasteiger partial charge < -0.3 is 10.2 Å². The highest BCUT2D eigenvalue weighted by Crippen LogP contribution is 2.33. The van der Waals surface area contributed by atoms with Gasteiger partial charge in [-0.25, -0.2) is 0 Å². The van der Waals surface area contributed by atoms with Gasteiger partial charge in [0.15, 0.2) is 0 Å². The monoisotopic (exact) mass is 320 g/mol. The molecule has 3 rings (SSSR count). The first-order valence-corrected chi connectivity index (χ1v) is 8.15. The Kier molecular flexibility index (Phi) is 4.76. The molecule has 5 nitrogen and oxygen atoms in total. The van der Waals surface area contributed by atoms with E-state index >= 15 is 0 Å². The highest BCUT2D eigenvalue weighted by Gasteiger charge is 2.36. The Morgan fingerprint density at radius 1 is 1.33 bits per heavy atom. The van der Waals surface area contributed by atoms with Gasteiger partial charge in [-0.3, -0.25) is 9.78 Å². The first-order valence-electron chi connectivity index (χ1n) is 8.15. The Morgan fingerprint density at radius 3 is 2.67 bits per heavy atom. The number of anilines is 1. The van der Waals surface area contributed by atoms with E-state index in [9.17, 15) is 4.79 Å². The fraction of sp³-hybridized carbons (Fsp3) is 0.316. The lowest BCUT2D eigenvalue weighted by atomic mass is 10.1. The summed E-state index contributed by atoms with van der Waals surface area (Å²) in [7, 11) is 0. The molecule has 0 saturated heterocycles. The minimum Gasteiger partial charge on any atom is -0.376 e. The zero-order chi connectivity index (χ0) is 16.9. The van der Waals surface area contributed by atoms with E-state index in [0.29, 0.717) is 11.6 Å². The molecule has 1 N–H and O–H groups in total. The molecule has 1 fully saturated rings. The molecule has 1 saturated carbocycles. The van der Waals surface area contributed by atoms with E-state index in [2.05, 4.69) is 16.4 Å². The molecule has 1 aliphatic rings. The molecular formula is C19H20N4O. The minimum absolute atomic E-state index is 0.0334. The number of carbonyl (C=O) groups is 1. The normalized spacial score (nSPS) is 14.5. The number of hydrogen-bond donors (Lipinski definition) is 1. The zero-order valence-corrected chi connectivity index (χ0v) is 13.6. The van der Waals surface area contributed by atoms with Gasteiger partial charge in [-0.2, -0.15) is 5.26 Å². The van der Waals surface area contributed by atoms with Crippen molar-refractivity contribution in [3.63, 3.8) is 0 Å². The molecule has 24 heavy (non-hydrogen) atoms. The molecule has 0 radical (unpaired) electrons. The first kappa shape index (κ1) is 16.0. The largest absolute Gasteiger partial charge is 0.376 e. The second-order valence-corrected chi connectivity index (χ2v) is 6.01. The standard InChI is InChI=1S/C19H20N4O/c1-14(18-4-2-3-11-21-18)23(17-9-10-17)19(24)13-22-16-7-5-15(12-20)6-8-16/h2-8,11,14,17,22H,9-10,13H2,1H3/t14-/m0/s1. The van der Waals surface area contributed by atoms with Crippen LogP contribution in [0.25, 0.3) is 0 Å². The Hall–Kier alpha value is -2.87.